The molecule has 0 unspecified atom stereocenters. The average molecular weight is 284 g/mol. The summed E-state index contributed by atoms with van der Waals surface area (Å²) in [5.41, 5.74) is -0.293. The first-order chi connectivity index (χ1) is 9.24. The molecule has 1 amide bonds. The molecule has 4 nitrogen and oxygen atoms in total. The van der Waals surface area contributed by atoms with Crippen molar-refractivity contribution >= 4 is 11.8 Å². The number of rotatable bonds is 2. The SMILES string of the molecule is CC(C)(C)OC(=O)N1CC(Nc2ccc(F)cc2F)C1. The van der Waals surface area contributed by atoms with E-state index in [-0.39, 0.29) is 17.8 Å². The van der Waals surface area contributed by atoms with Gasteiger partial charge in [0.25, 0.3) is 0 Å². The van der Waals surface area contributed by atoms with E-state index in [1.54, 1.807) is 20.8 Å². The van der Waals surface area contributed by atoms with Gasteiger partial charge in [0.15, 0.2) is 0 Å². The van der Waals surface area contributed by atoms with Crippen LogP contribution in [0.5, 0.6) is 0 Å². The van der Waals surface area contributed by atoms with Crippen molar-refractivity contribution in [1.82, 2.24) is 4.90 Å². The topological polar surface area (TPSA) is 41.6 Å². The molecule has 0 aromatic heterocycles. The number of hydrogen-bond acceptors (Lipinski definition) is 3. The molecule has 1 saturated heterocycles. The third-order valence-electron chi connectivity index (χ3n) is 2.82. The maximum Gasteiger partial charge on any atom is 0.410 e. The Morgan fingerprint density at radius 2 is 2.00 bits per heavy atom. The minimum atomic E-state index is -0.638. The van der Waals surface area contributed by atoms with Gasteiger partial charge in [-0.2, -0.15) is 0 Å². The van der Waals surface area contributed by atoms with Gasteiger partial charge in [-0.25, -0.2) is 13.6 Å². The van der Waals surface area contributed by atoms with Crippen LogP contribution >= 0.6 is 0 Å². The summed E-state index contributed by atoms with van der Waals surface area (Å²) < 4.78 is 31.4. The quantitative estimate of drug-likeness (QED) is 0.907. The molecule has 0 aliphatic carbocycles. The predicted molar refractivity (Wildman–Crippen MR) is 71.6 cm³/mol. The number of carbonyl (C=O) groups excluding carboxylic acids is 1. The molecule has 1 fully saturated rings. The van der Waals surface area contributed by atoms with Gasteiger partial charge in [0.1, 0.15) is 17.2 Å². The fraction of sp³-hybridized carbons (Fsp3) is 0.500. The summed E-state index contributed by atoms with van der Waals surface area (Å²) >= 11 is 0. The Balaban J connectivity index is 1.83. The zero-order valence-electron chi connectivity index (χ0n) is 11.7. The molecule has 0 bridgehead atoms. The van der Waals surface area contributed by atoms with Crippen LogP contribution in [-0.2, 0) is 4.74 Å². The van der Waals surface area contributed by atoms with E-state index >= 15 is 0 Å². The van der Waals surface area contributed by atoms with E-state index in [0.717, 1.165) is 6.07 Å². The molecule has 6 heteroatoms. The van der Waals surface area contributed by atoms with Gasteiger partial charge in [-0.15, -0.1) is 0 Å². The first kappa shape index (κ1) is 14.6. The number of nitrogens with zero attached hydrogens (tertiary/aromatic N) is 1. The number of benzene rings is 1. The fourth-order valence-corrected chi connectivity index (χ4v) is 1.87. The van der Waals surface area contributed by atoms with E-state index in [1.807, 2.05) is 0 Å². The van der Waals surface area contributed by atoms with Crippen molar-refractivity contribution in [2.24, 2.45) is 0 Å². The van der Waals surface area contributed by atoms with Gasteiger partial charge in [-0.05, 0) is 32.9 Å². The second-order valence-corrected chi connectivity index (χ2v) is 5.85. The minimum absolute atomic E-state index is 0.0533. The Bertz CT molecular complexity index is 508. The zero-order valence-corrected chi connectivity index (χ0v) is 11.7. The number of hydrogen-bond donors (Lipinski definition) is 1. The predicted octanol–water partition coefficient (Wildman–Crippen LogP) is 3.00. The summed E-state index contributed by atoms with van der Waals surface area (Å²) in [5.74, 6) is -1.25. The summed E-state index contributed by atoms with van der Waals surface area (Å²) in [6, 6.07) is 3.31. The normalized spacial score (nSPS) is 15.8. The Labute approximate surface area is 116 Å². The van der Waals surface area contributed by atoms with E-state index < -0.39 is 17.2 Å². The standard InChI is InChI=1S/C14H18F2N2O2/c1-14(2,3)20-13(19)18-7-10(8-18)17-12-5-4-9(15)6-11(12)16/h4-6,10,17H,7-8H2,1-3H3. The molecule has 0 spiro atoms. The summed E-state index contributed by atoms with van der Waals surface area (Å²) in [4.78, 5) is 13.2. The molecule has 110 valence electrons. The van der Waals surface area contributed by atoms with E-state index in [1.165, 1.54) is 17.0 Å². The second-order valence-electron chi connectivity index (χ2n) is 5.85. The minimum Gasteiger partial charge on any atom is -0.444 e. The van der Waals surface area contributed by atoms with Crippen LogP contribution in [0.1, 0.15) is 20.8 Å². The Kier molecular flexibility index (Phi) is 3.83. The Morgan fingerprint density at radius 1 is 1.35 bits per heavy atom. The van der Waals surface area contributed by atoms with Crippen LogP contribution in [-0.4, -0.2) is 35.7 Å². The van der Waals surface area contributed by atoms with E-state index in [0.29, 0.717) is 13.1 Å². The van der Waals surface area contributed by atoms with Gasteiger partial charge in [0, 0.05) is 19.2 Å². The van der Waals surface area contributed by atoms with E-state index in [2.05, 4.69) is 5.32 Å². The summed E-state index contributed by atoms with van der Waals surface area (Å²) in [6.07, 6.45) is -0.380. The highest BCUT2D eigenvalue weighted by Crippen LogP contribution is 2.21. The Hall–Kier alpha value is -1.85. The van der Waals surface area contributed by atoms with Crippen LogP contribution in [0, 0.1) is 11.6 Å². The van der Waals surface area contributed by atoms with Crippen molar-refractivity contribution in [1.29, 1.82) is 0 Å². The van der Waals surface area contributed by atoms with Crippen molar-refractivity contribution in [3.8, 4) is 0 Å². The molecule has 1 aromatic rings. The smallest absolute Gasteiger partial charge is 0.410 e. The highest BCUT2D eigenvalue weighted by Gasteiger charge is 2.33. The van der Waals surface area contributed by atoms with Crippen LogP contribution in [0.2, 0.25) is 0 Å². The van der Waals surface area contributed by atoms with Crippen molar-refractivity contribution in [3.05, 3.63) is 29.8 Å². The van der Waals surface area contributed by atoms with Gasteiger partial charge in [0.2, 0.25) is 0 Å². The van der Waals surface area contributed by atoms with Gasteiger partial charge in [-0.3, -0.25) is 0 Å². The van der Waals surface area contributed by atoms with Crippen molar-refractivity contribution < 1.29 is 18.3 Å². The molecule has 1 heterocycles. The molecular formula is C14H18F2N2O2. The number of ether oxygens (including phenoxy) is 1. The summed E-state index contributed by atoms with van der Waals surface area (Å²) in [5, 5.41) is 2.93. The molecule has 1 aliphatic rings. The molecule has 0 atom stereocenters. The lowest BCUT2D eigenvalue weighted by atomic mass is 10.1. The third-order valence-corrected chi connectivity index (χ3v) is 2.82. The van der Waals surface area contributed by atoms with Crippen LogP contribution in [0.15, 0.2) is 18.2 Å². The largest absolute Gasteiger partial charge is 0.444 e. The number of anilines is 1. The molecule has 2 rings (SSSR count). The molecular weight excluding hydrogens is 266 g/mol. The van der Waals surface area contributed by atoms with Gasteiger partial charge >= 0.3 is 6.09 Å². The van der Waals surface area contributed by atoms with Gasteiger partial charge < -0.3 is 15.0 Å². The fourth-order valence-electron chi connectivity index (χ4n) is 1.87. The lowest BCUT2D eigenvalue weighted by molar-refractivity contribution is 0.0105. The monoisotopic (exact) mass is 284 g/mol. The molecule has 1 aliphatic heterocycles. The maximum absolute atomic E-state index is 13.4. The highest BCUT2D eigenvalue weighted by molar-refractivity contribution is 5.69. The number of carbonyl (C=O) groups is 1. The van der Waals surface area contributed by atoms with Crippen LogP contribution in [0.25, 0.3) is 0 Å². The number of nitrogens with one attached hydrogen (secondary N) is 1. The molecule has 0 saturated carbocycles. The van der Waals surface area contributed by atoms with Gasteiger partial charge in [-0.1, -0.05) is 0 Å². The first-order valence-corrected chi connectivity index (χ1v) is 6.44. The number of halogens is 2. The van der Waals surface area contributed by atoms with E-state index in [9.17, 15) is 13.6 Å². The lowest BCUT2D eigenvalue weighted by Crippen LogP contribution is -2.58. The molecule has 1 aromatic carbocycles. The second kappa shape index (κ2) is 5.26. The zero-order chi connectivity index (χ0) is 14.9. The highest BCUT2D eigenvalue weighted by atomic mass is 19.1. The molecule has 20 heavy (non-hydrogen) atoms. The molecule has 1 N–H and O–H groups in total. The number of likely N-dealkylation sites (tertiary alicyclic amines) is 1. The first-order valence-electron chi connectivity index (χ1n) is 6.44. The average Bonchev–Trinajstić information content (AvgIpc) is 2.22. The van der Waals surface area contributed by atoms with E-state index in [4.69, 9.17) is 4.74 Å². The Morgan fingerprint density at radius 3 is 2.55 bits per heavy atom. The lowest BCUT2D eigenvalue weighted by Gasteiger charge is -2.40. The summed E-state index contributed by atoms with van der Waals surface area (Å²) in [6.45, 7) is 6.27. The summed E-state index contributed by atoms with van der Waals surface area (Å²) in [7, 11) is 0. The van der Waals surface area contributed by atoms with Crippen LogP contribution in [0.3, 0.4) is 0 Å². The van der Waals surface area contributed by atoms with Gasteiger partial charge in [0.05, 0.1) is 11.7 Å². The third kappa shape index (κ3) is 3.59. The van der Waals surface area contributed by atoms with Crippen LogP contribution < -0.4 is 5.32 Å². The number of amides is 1. The molecule has 0 radical (unpaired) electrons. The van der Waals surface area contributed by atoms with Crippen LogP contribution in [0.4, 0.5) is 19.3 Å². The van der Waals surface area contributed by atoms with Crippen molar-refractivity contribution in [3.63, 3.8) is 0 Å². The van der Waals surface area contributed by atoms with Crippen molar-refractivity contribution in [2.45, 2.75) is 32.4 Å². The maximum atomic E-state index is 13.4. The van der Waals surface area contributed by atoms with Crippen molar-refractivity contribution in [2.75, 3.05) is 18.4 Å².